The molecule has 0 aliphatic heterocycles. The Labute approximate surface area is 351 Å². The van der Waals surface area contributed by atoms with Crippen LogP contribution in [0.1, 0.15) is 19.3 Å². The average molecular weight is 765 g/mol. The lowest BCUT2D eigenvalue weighted by Crippen LogP contribution is -2.02. The normalized spacial score (nSPS) is 14.1. The van der Waals surface area contributed by atoms with Crippen LogP contribution < -0.4 is 0 Å². The van der Waals surface area contributed by atoms with Crippen molar-refractivity contribution in [2.45, 2.75) is 0 Å². The van der Waals surface area contributed by atoms with Crippen LogP contribution in [0, 0.1) is 11.3 Å². The maximum absolute atomic E-state index is 11.1. The van der Waals surface area contributed by atoms with Gasteiger partial charge in [0.05, 0.1) is 47.0 Å². The van der Waals surface area contributed by atoms with Gasteiger partial charge in [-0.3, -0.25) is 0 Å². The van der Waals surface area contributed by atoms with Gasteiger partial charge in [-0.15, -0.1) is 0 Å². The van der Waals surface area contributed by atoms with E-state index in [1.54, 1.807) is 18.2 Å². The molecule has 0 saturated heterocycles. The molecule has 0 aliphatic carbocycles. The number of nitriles is 1. The van der Waals surface area contributed by atoms with Gasteiger partial charge in [-0.05, 0) is 60.7 Å². The van der Waals surface area contributed by atoms with E-state index in [0.29, 0.717) is 5.69 Å². The molecule has 4 aromatic heterocycles. The second kappa shape index (κ2) is 12.8. The fourth-order valence-corrected chi connectivity index (χ4v) is 8.30. The van der Waals surface area contributed by atoms with Gasteiger partial charge >= 0.3 is 0 Å². The van der Waals surface area contributed by atoms with E-state index in [1.807, 2.05) is 60.7 Å². The molecule has 8 aromatic carbocycles. The van der Waals surface area contributed by atoms with Gasteiger partial charge in [-0.25, -0.2) is 15.0 Å². The first-order valence-electron chi connectivity index (χ1n) is 23.7. The molecule has 12 rings (SSSR count). The van der Waals surface area contributed by atoms with Gasteiger partial charge in [-0.2, -0.15) is 5.26 Å². The molecule has 0 saturated carbocycles. The molecule has 0 N–H and O–H groups in total. The quantitative estimate of drug-likeness (QED) is 0.174. The van der Waals surface area contributed by atoms with Crippen molar-refractivity contribution in [2.24, 2.45) is 0 Å². The zero-order chi connectivity index (χ0) is 47.7. The first-order valence-corrected chi connectivity index (χ1v) is 18.7. The largest absolute Gasteiger partial charge is 0.456 e. The van der Waals surface area contributed by atoms with Crippen LogP contribution in [0.4, 0.5) is 0 Å². The number of aromatic nitrogens is 5. The van der Waals surface area contributed by atoms with E-state index in [-0.39, 0.29) is 28.1 Å². The SMILES string of the molecule is [2H]c1c([2H])c([2H])c(-c2nc(-c3ccc(-n4c5ccccc5c5ccc6c(c7ccccc7n6-c6ccc7oc8ccccc8c7c6)c54)c(C#N)c3)nc(-c3c([2H])c([2H])c([2H])c([2H])c3[2H])n2)c([2H])c1[2H]. The highest BCUT2D eigenvalue weighted by Gasteiger charge is 2.23. The van der Waals surface area contributed by atoms with Crippen molar-refractivity contribution in [3.8, 4) is 51.6 Å². The summed E-state index contributed by atoms with van der Waals surface area (Å²) in [5, 5.41) is 16.9. The minimum absolute atomic E-state index is 0.147. The molecule has 59 heavy (non-hydrogen) atoms. The van der Waals surface area contributed by atoms with Gasteiger partial charge in [0.1, 0.15) is 17.2 Å². The molecule has 7 nitrogen and oxygen atoms in total. The standard InChI is InChI=1S/C52H30N6O/c53-31-35-29-34(52-55-50(32-13-3-1-4-14-32)54-51(56-52)33-15-5-2-6-16-33)23-26-42(35)58-43-20-10-7-17-37(43)39-25-27-45-48(49(39)58)40-19-8-11-21-44(40)57(45)36-24-28-47-41(30-36)38-18-9-12-22-46(38)59-47/h1-30H/i1D,2D,3D,4D,5D,6D,13D,14D,15D,16D. The molecular weight excluding hydrogens is 725 g/mol. The molecule has 0 radical (unpaired) electrons. The molecule has 0 amide bonds. The van der Waals surface area contributed by atoms with Crippen LogP contribution in [0.25, 0.3) is 111 Å². The number of para-hydroxylation sites is 3. The van der Waals surface area contributed by atoms with Crippen molar-refractivity contribution >= 4 is 65.6 Å². The predicted molar refractivity (Wildman–Crippen MR) is 237 cm³/mol. The molecule has 0 spiro atoms. The Bertz CT molecular complexity index is 4160. The van der Waals surface area contributed by atoms with Crippen molar-refractivity contribution in [2.75, 3.05) is 0 Å². The average Bonchev–Trinajstić information content (AvgIpc) is 4.03. The first-order chi connectivity index (χ1) is 33.4. The maximum atomic E-state index is 11.1. The molecule has 4 heterocycles. The fourth-order valence-electron chi connectivity index (χ4n) is 8.30. The second-order valence-electron chi connectivity index (χ2n) is 14.0. The third-order valence-corrected chi connectivity index (χ3v) is 10.8. The lowest BCUT2D eigenvalue weighted by atomic mass is 10.1. The Balaban J connectivity index is 1.11. The topological polar surface area (TPSA) is 85.5 Å². The van der Waals surface area contributed by atoms with E-state index in [9.17, 15) is 5.26 Å². The minimum atomic E-state index is -0.649. The number of benzene rings is 8. The van der Waals surface area contributed by atoms with Crippen LogP contribution >= 0.6 is 0 Å². The molecule has 274 valence electrons. The van der Waals surface area contributed by atoms with E-state index in [2.05, 4.69) is 72.6 Å². The highest BCUT2D eigenvalue weighted by Crippen LogP contribution is 2.43. The Morgan fingerprint density at radius 1 is 0.492 bits per heavy atom. The summed E-state index contributed by atoms with van der Waals surface area (Å²) in [5.41, 5.74) is 6.30. The number of hydrogen-bond acceptors (Lipinski definition) is 5. The monoisotopic (exact) mass is 764 g/mol. The zero-order valence-electron chi connectivity index (χ0n) is 40.6. The molecule has 0 unspecified atom stereocenters. The number of rotatable bonds is 5. The highest BCUT2D eigenvalue weighted by atomic mass is 16.3. The Hall–Kier alpha value is -8.34. The van der Waals surface area contributed by atoms with Crippen molar-refractivity contribution in [1.82, 2.24) is 24.1 Å². The lowest BCUT2D eigenvalue weighted by Gasteiger charge is -2.13. The van der Waals surface area contributed by atoms with Crippen LogP contribution in [-0.4, -0.2) is 24.1 Å². The summed E-state index contributed by atoms with van der Waals surface area (Å²) in [4.78, 5) is 13.6. The van der Waals surface area contributed by atoms with Crippen LogP contribution in [0.3, 0.4) is 0 Å². The van der Waals surface area contributed by atoms with E-state index < -0.39 is 72.1 Å². The van der Waals surface area contributed by atoms with E-state index in [1.165, 1.54) is 0 Å². The van der Waals surface area contributed by atoms with Gasteiger partial charge < -0.3 is 13.6 Å². The summed E-state index contributed by atoms with van der Waals surface area (Å²) in [6, 6.07) is 35.6. The molecule has 0 fully saturated rings. The van der Waals surface area contributed by atoms with E-state index >= 15 is 0 Å². The van der Waals surface area contributed by atoms with Crippen LogP contribution in [-0.2, 0) is 0 Å². The van der Waals surface area contributed by atoms with Crippen molar-refractivity contribution in [1.29, 1.82) is 5.26 Å². The summed E-state index contributed by atoms with van der Waals surface area (Å²) in [5.74, 6) is -0.947. The summed E-state index contributed by atoms with van der Waals surface area (Å²) < 4.78 is 95.3. The summed E-state index contributed by atoms with van der Waals surface area (Å²) >= 11 is 0. The molecule has 0 atom stereocenters. The number of nitrogens with zero attached hydrogens (tertiary/aromatic N) is 6. The Morgan fingerprint density at radius 3 is 1.81 bits per heavy atom. The minimum Gasteiger partial charge on any atom is -0.456 e. The maximum Gasteiger partial charge on any atom is 0.164 e. The first kappa shape index (κ1) is 24.3. The summed E-state index contributed by atoms with van der Waals surface area (Å²) in [6.45, 7) is 0. The summed E-state index contributed by atoms with van der Waals surface area (Å²) in [7, 11) is 0. The number of furan rings is 1. The van der Waals surface area contributed by atoms with Gasteiger partial charge in [-0.1, -0.05) is 121 Å². The van der Waals surface area contributed by atoms with Gasteiger partial charge in [0.25, 0.3) is 0 Å². The third kappa shape index (κ3) is 5.04. The Kier molecular flexibility index (Phi) is 5.30. The number of fused-ring (bicyclic) bond motifs is 10. The van der Waals surface area contributed by atoms with Crippen molar-refractivity contribution in [3.05, 3.63) is 187 Å². The van der Waals surface area contributed by atoms with Gasteiger partial charge in [0.15, 0.2) is 17.5 Å². The fraction of sp³-hybridized carbons (Fsp3) is 0. The Morgan fingerprint density at radius 2 is 1.10 bits per heavy atom. The van der Waals surface area contributed by atoms with Crippen LogP contribution in [0.2, 0.25) is 0 Å². The predicted octanol–water partition coefficient (Wildman–Crippen LogP) is 12.8. The van der Waals surface area contributed by atoms with Crippen molar-refractivity contribution in [3.63, 3.8) is 0 Å². The molecule has 0 aliphatic rings. The van der Waals surface area contributed by atoms with Crippen LogP contribution in [0.15, 0.2) is 186 Å². The third-order valence-electron chi connectivity index (χ3n) is 10.8. The van der Waals surface area contributed by atoms with Crippen LogP contribution in [0.5, 0.6) is 0 Å². The smallest absolute Gasteiger partial charge is 0.164 e. The highest BCUT2D eigenvalue weighted by molar-refractivity contribution is 6.26. The van der Waals surface area contributed by atoms with Gasteiger partial charge in [0, 0.05) is 54.7 Å². The molecule has 7 heteroatoms. The van der Waals surface area contributed by atoms with Gasteiger partial charge in [0.2, 0.25) is 0 Å². The molecular formula is C52H30N6O. The summed E-state index contributed by atoms with van der Waals surface area (Å²) in [6.07, 6.45) is 0. The zero-order valence-corrected chi connectivity index (χ0v) is 30.6. The molecule has 0 bridgehead atoms. The molecule has 12 aromatic rings. The van der Waals surface area contributed by atoms with Crippen molar-refractivity contribution < 1.29 is 18.1 Å². The second-order valence-corrected chi connectivity index (χ2v) is 14.0. The lowest BCUT2D eigenvalue weighted by molar-refractivity contribution is 0.669. The van der Waals surface area contributed by atoms with E-state index in [4.69, 9.17) is 18.1 Å². The van der Waals surface area contributed by atoms with E-state index in [0.717, 1.165) is 71.2 Å². The number of hydrogen-bond donors (Lipinski definition) is 0.